The summed E-state index contributed by atoms with van der Waals surface area (Å²) in [6.07, 6.45) is 0.837. The van der Waals surface area contributed by atoms with Gasteiger partial charge < -0.3 is 4.74 Å². The first-order valence-electron chi connectivity index (χ1n) is 9.60. The number of nitrogens with zero attached hydrogens (tertiary/aromatic N) is 6. The van der Waals surface area contributed by atoms with Gasteiger partial charge in [0.1, 0.15) is 5.75 Å². The van der Waals surface area contributed by atoms with Crippen LogP contribution in [0.15, 0.2) is 58.5 Å². The van der Waals surface area contributed by atoms with Gasteiger partial charge in [-0.2, -0.15) is 10.5 Å². The quantitative estimate of drug-likeness (QED) is 0.412. The number of para-hydroxylation sites is 1. The summed E-state index contributed by atoms with van der Waals surface area (Å²) in [5, 5.41) is 27.9. The first-order valence-corrected chi connectivity index (χ1v) is 10.6. The third kappa shape index (κ3) is 3.83. The fourth-order valence-electron chi connectivity index (χ4n) is 3.35. The Morgan fingerprint density at radius 3 is 2.77 bits per heavy atom. The largest absolute Gasteiger partial charge is 0.497 e. The molecule has 2 aromatic heterocycles. The van der Waals surface area contributed by atoms with Crippen LogP contribution >= 0.6 is 11.8 Å². The third-order valence-corrected chi connectivity index (χ3v) is 6.00. The van der Waals surface area contributed by atoms with Gasteiger partial charge in [0.2, 0.25) is 5.78 Å². The first kappa shape index (κ1) is 20.5. The highest BCUT2D eigenvalue weighted by atomic mass is 32.2. The Hall–Kier alpha value is -3.82. The van der Waals surface area contributed by atoms with E-state index >= 15 is 0 Å². The molecule has 2 heterocycles. The van der Waals surface area contributed by atoms with Crippen molar-refractivity contribution >= 4 is 28.4 Å². The molecule has 8 nitrogen and oxygen atoms in total. The predicted molar refractivity (Wildman–Crippen MR) is 117 cm³/mol. The molecule has 154 valence electrons. The molecular formula is C22H18N6O2S. The van der Waals surface area contributed by atoms with Crippen LogP contribution in [-0.2, 0) is 0 Å². The van der Waals surface area contributed by atoms with Crippen molar-refractivity contribution in [3.63, 3.8) is 0 Å². The maximum Gasteiger partial charge on any atom is 0.267 e. The molecule has 0 N–H and O–H groups in total. The first-order chi connectivity index (χ1) is 15.2. The van der Waals surface area contributed by atoms with Gasteiger partial charge in [0.25, 0.3) is 5.56 Å². The van der Waals surface area contributed by atoms with Crippen LogP contribution in [0, 0.1) is 28.6 Å². The number of aromatic nitrogens is 4. The lowest BCUT2D eigenvalue weighted by Gasteiger charge is -2.12. The smallest absolute Gasteiger partial charge is 0.267 e. The molecule has 0 aliphatic carbocycles. The van der Waals surface area contributed by atoms with Crippen molar-refractivity contribution in [1.29, 1.82) is 10.5 Å². The Morgan fingerprint density at radius 2 is 2.00 bits per heavy atom. The van der Waals surface area contributed by atoms with Gasteiger partial charge in [-0.1, -0.05) is 30.0 Å². The van der Waals surface area contributed by atoms with Gasteiger partial charge in [-0.3, -0.25) is 9.20 Å². The van der Waals surface area contributed by atoms with Crippen molar-refractivity contribution < 1.29 is 4.74 Å². The molecule has 0 fully saturated rings. The average molecular weight is 430 g/mol. The zero-order valence-electron chi connectivity index (χ0n) is 16.7. The monoisotopic (exact) mass is 430 g/mol. The molecule has 0 aliphatic rings. The Balaban J connectivity index is 1.88. The van der Waals surface area contributed by atoms with Gasteiger partial charge in [-0.15, -0.1) is 10.2 Å². The zero-order chi connectivity index (χ0) is 21.8. The van der Waals surface area contributed by atoms with Crippen LogP contribution in [0.25, 0.3) is 22.4 Å². The van der Waals surface area contributed by atoms with E-state index in [1.165, 1.54) is 16.3 Å². The fraction of sp³-hybridized carbons (Fsp3) is 0.227. The summed E-state index contributed by atoms with van der Waals surface area (Å²) in [5.41, 5.74) is 1.11. The normalized spacial score (nSPS) is 11.8. The van der Waals surface area contributed by atoms with E-state index < -0.39 is 0 Å². The van der Waals surface area contributed by atoms with Crippen LogP contribution in [0.1, 0.15) is 12.8 Å². The maximum atomic E-state index is 13.3. The van der Waals surface area contributed by atoms with Crippen molar-refractivity contribution in [2.75, 3.05) is 12.9 Å². The molecule has 4 rings (SSSR count). The molecule has 0 unspecified atom stereocenters. The van der Waals surface area contributed by atoms with Gasteiger partial charge in [0, 0.05) is 18.2 Å². The number of ether oxygens (including phenoxy) is 1. The highest BCUT2D eigenvalue weighted by Gasteiger charge is 2.19. The number of rotatable bonds is 7. The number of nitriles is 2. The summed E-state index contributed by atoms with van der Waals surface area (Å²) in [4.78, 5) is 13.3. The number of hydrogen-bond donors (Lipinski definition) is 0. The lowest BCUT2D eigenvalue weighted by Crippen LogP contribution is -2.21. The summed E-state index contributed by atoms with van der Waals surface area (Å²) < 4.78 is 8.66. The predicted octanol–water partition coefficient (Wildman–Crippen LogP) is 3.58. The summed E-state index contributed by atoms with van der Waals surface area (Å²) >= 11 is 1.39. The minimum atomic E-state index is -0.271. The molecule has 0 saturated carbocycles. The highest BCUT2D eigenvalue weighted by molar-refractivity contribution is 7.99. The van der Waals surface area contributed by atoms with Crippen molar-refractivity contribution in [2.45, 2.75) is 18.0 Å². The molecule has 0 aliphatic heterocycles. The lowest BCUT2D eigenvalue weighted by molar-refractivity contribution is 0.414. The SMILES string of the molecule is COc1cccc(-n2c(=O)c3ccccc3n3c(SC[C@H](C#N)CCC#N)nnc23)c1. The van der Waals surface area contributed by atoms with Crippen molar-refractivity contribution in [3.8, 4) is 23.6 Å². The van der Waals surface area contributed by atoms with E-state index in [0.29, 0.717) is 51.9 Å². The van der Waals surface area contributed by atoms with Crippen molar-refractivity contribution in [1.82, 2.24) is 19.2 Å². The lowest BCUT2D eigenvalue weighted by atomic mass is 10.1. The third-order valence-electron chi connectivity index (χ3n) is 4.91. The van der Waals surface area contributed by atoms with E-state index in [0.717, 1.165) is 0 Å². The number of fused-ring (bicyclic) bond motifs is 3. The molecule has 1 atom stereocenters. The van der Waals surface area contributed by atoms with Crippen LogP contribution in [-0.4, -0.2) is 32.0 Å². The minimum absolute atomic E-state index is 0.204. The van der Waals surface area contributed by atoms with Gasteiger partial charge in [-0.25, -0.2) is 4.57 Å². The summed E-state index contributed by atoms with van der Waals surface area (Å²) in [6, 6.07) is 18.8. The Bertz CT molecular complexity index is 1400. The second kappa shape index (κ2) is 8.90. The standard InChI is InChI=1S/C22H18N6O2S/c1-30-17-8-4-7-16(12-17)27-20(29)18-9-2-3-10-19(18)28-21(27)25-26-22(28)31-14-15(13-24)6-5-11-23/h2-4,7-10,12,15H,5-6,14H2,1H3/t15-/m0/s1. The topological polar surface area (TPSA) is 109 Å². The maximum absolute atomic E-state index is 13.3. The minimum Gasteiger partial charge on any atom is -0.497 e. The number of benzene rings is 2. The van der Waals surface area contributed by atoms with Gasteiger partial charge >= 0.3 is 0 Å². The van der Waals surface area contributed by atoms with E-state index in [4.69, 9.17) is 10.00 Å². The van der Waals surface area contributed by atoms with E-state index in [9.17, 15) is 10.1 Å². The molecule has 9 heteroatoms. The van der Waals surface area contributed by atoms with Crippen LogP contribution in [0.2, 0.25) is 0 Å². The molecule has 0 amide bonds. The van der Waals surface area contributed by atoms with Crippen molar-refractivity contribution in [2.24, 2.45) is 5.92 Å². The number of thioether (sulfide) groups is 1. The van der Waals surface area contributed by atoms with Crippen LogP contribution < -0.4 is 10.3 Å². The second-order valence-corrected chi connectivity index (χ2v) is 7.80. The van der Waals surface area contributed by atoms with Crippen LogP contribution in [0.3, 0.4) is 0 Å². The van der Waals surface area contributed by atoms with E-state index in [1.807, 2.05) is 34.7 Å². The number of hydrogen-bond acceptors (Lipinski definition) is 7. The molecule has 31 heavy (non-hydrogen) atoms. The van der Waals surface area contributed by atoms with Gasteiger partial charge in [0.05, 0.1) is 41.8 Å². The second-order valence-electron chi connectivity index (χ2n) is 6.81. The van der Waals surface area contributed by atoms with Gasteiger partial charge in [0.15, 0.2) is 5.16 Å². The summed E-state index contributed by atoms with van der Waals surface area (Å²) in [7, 11) is 1.57. The van der Waals surface area contributed by atoms with Crippen LogP contribution in [0.5, 0.6) is 5.75 Å². The zero-order valence-corrected chi connectivity index (χ0v) is 17.5. The average Bonchev–Trinajstić information content (AvgIpc) is 3.23. The van der Waals surface area contributed by atoms with Crippen LogP contribution in [0.4, 0.5) is 0 Å². The molecule has 0 saturated heterocycles. The van der Waals surface area contributed by atoms with Crippen molar-refractivity contribution in [3.05, 3.63) is 58.9 Å². The summed E-state index contributed by atoms with van der Waals surface area (Å²) in [6.45, 7) is 0. The fourth-order valence-corrected chi connectivity index (χ4v) is 4.35. The number of methoxy groups -OCH3 is 1. The molecular weight excluding hydrogens is 412 g/mol. The van der Waals surface area contributed by atoms with Gasteiger partial charge in [-0.05, 0) is 30.7 Å². The Kier molecular flexibility index (Phi) is 5.87. The molecule has 0 spiro atoms. The Labute approximate surface area is 182 Å². The van der Waals surface area contributed by atoms with E-state index in [-0.39, 0.29) is 11.5 Å². The summed E-state index contributed by atoms with van der Waals surface area (Å²) in [5.74, 6) is 1.21. The molecule has 0 radical (unpaired) electrons. The van der Waals surface area contributed by atoms with E-state index in [1.54, 1.807) is 25.3 Å². The molecule has 4 aromatic rings. The molecule has 0 bridgehead atoms. The molecule has 2 aromatic carbocycles. The highest BCUT2D eigenvalue weighted by Crippen LogP contribution is 2.26. The Morgan fingerprint density at radius 1 is 1.16 bits per heavy atom. The van der Waals surface area contributed by atoms with E-state index in [2.05, 4.69) is 22.3 Å².